The van der Waals surface area contributed by atoms with E-state index in [1.807, 2.05) is 0 Å². The van der Waals surface area contributed by atoms with E-state index in [2.05, 4.69) is 40.4 Å². The number of aryl methyl sites for hydroxylation is 1. The van der Waals surface area contributed by atoms with Gasteiger partial charge in [-0.15, -0.1) is 12.4 Å². The van der Waals surface area contributed by atoms with Crippen molar-refractivity contribution in [3.63, 3.8) is 0 Å². The zero-order chi connectivity index (χ0) is 16.7. The Morgan fingerprint density at radius 2 is 2.00 bits per heavy atom. The molecule has 0 amide bonds. The summed E-state index contributed by atoms with van der Waals surface area (Å²) in [7, 11) is 0. The summed E-state index contributed by atoms with van der Waals surface area (Å²) in [5.41, 5.74) is 2.52. The molecule has 140 valence electrons. The lowest BCUT2D eigenvalue weighted by molar-refractivity contribution is 0.170. The maximum Gasteiger partial charge on any atom is 0.212 e. The molecule has 2 aliphatic rings. The molecule has 2 aliphatic heterocycles. The van der Waals surface area contributed by atoms with Crippen LogP contribution in [-0.4, -0.2) is 69.7 Å². The van der Waals surface area contributed by atoms with E-state index >= 15 is 0 Å². The lowest BCUT2D eigenvalue weighted by Crippen LogP contribution is -2.49. The molecule has 2 aromatic rings. The topological polar surface area (TPSA) is 48.7 Å². The van der Waals surface area contributed by atoms with Crippen molar-refractivity contribution in [2.75, 3.05) is 39.3 Å². The van der Waals surface area contributed by atoms with Gasteiger partial charge in [0.25, 0.3) is 0 Å². The molecule has 1 N–H and O–H groups in total. The number of halogens is 1. The Labute approximate surface area is 160 Å². The van der Waals surface area contributed by atoms with Crippen molar-refractivity contribution in [1.29, 1.82) is 0 Å². The van der Waals surface area contributed by atoms with E-state index in [9.17, 15) is 0 Å². The molecule has 8 heteroatoms. The molecule has 0 bridgehead atoms. The number of fused-ring (bicyclic) bond motifs is 1. The van der Waals surface area contributed by atoms with Gasteiger partial charge < -0.3 is 5.32 Å². The maximum absolute atomic E-state index is 4.86. The van der Waals surface area contributed by atoms with Crippen LogP contribution in [0.15, 0.2) is 0 Å². The first-order chi connectivity index (χ1) is 11.6. The van der Waals surface area contributed by atoms with Crippen LogP contribution in [0.4, 0.5) is 0 Å². The third-order valence-corrected chi connectivity index (χ3v) is 6.09. The summed E-state index contributed by atoms with van der Waals surface area (Å²) in [6.07, 6.45) is 1.29. The van der Waals surface area contributed by atoms with Crippen LogP contribution in [0, 0.1) is 6.92 Å². The Kier molecular flexibility index (Phi) is 6.00. The summed E-state index contributed by atoms with van der Waals surface area (Å²) in [4.78, 5) is 11.2. The molecule has 1 atom stereocenters. The lowest BCUT2D eigenvalue weighted by Gasteiger charge is -2.32. The second-order valence-corrected chi connectivity index (χ2v) is 8.54. The fourth-order valence-corrected chi connectivity index (χ4v) is 4.79. The molecule has 0 aromatic carbocycles. The summed E-state index contributed by atoms with van der Waals surface area (Å²) in [5.74, 6) is 0.445. The van der Waals surface area contributed by atoms with Crippen molar-refractivity contribution in [1.82, 2.24) is 29.7 Å². The average molecular weight is 385 g/mol. The Morgan fingerprint density at radius 3 is 2.72 bits per heavy atom. The number of piperazine rings is 1. The first kappa shape index (κ1) is 19.0. The molecule has 0 aliphatic carbocycles. The van der Waals surface area contributed by atoms with Crippen molar-refractivity contribution in [3.8, 4) is 0 Å². The lowest BCUT2D eigenvalue weighted by atomic mass is 10.1. The number of hydrogen-bond donors (Lipinski definition) is 1. The fraction of sp³-hybridized carbons (Fsp3) is 0.765. The predicted octanol–water partition coefficient (Wildman–Crippen LogP) is 2.12. The molecule has 0 saturated carbocycles. The van der Waals surface area contributed by atoms with Gasteiger partial charge in [-0.3, -0.25) is 9.80 Å². The van der Waals surface area contributed by atoms with E-state index in [1.54, 1.807) is 11.3 Å². The zero-order valence-electron chi connectivity index (χ0n) is 15.4. The van der Waals surface area contributed by atoms with Gasteiger partial charge in [0.05, 0.1) is 11.4 Å². The minimum atomic E-state index is 0. The molecule has 4 rings (SSSR count). The van der Waals surface area contributed by atoms with Gasteiger partial charge in [0.2, 0.25) is 4.96 Å². The van der Waals surface area contributed by atoms with Gasteiger partial charge in [-0.1, -0.05) is 25.2 Å². The molecule has 2 saturated heterocycles. The van der Waals surface area contributed by atoms with Gasteiger partial charge >= 0.3 is 0 Å². The van der Waals surface area contributed by atoms with Crippen molar-refractivity contribution < 1.29 is 0 Å². The first-order valence-corrected chi connectivity index (χ1v) is 9.95. The van der Waals surface area contributed by atoms with E-state index in [4.69, 9.17) is 10.1 Å². The summed E-state index contributed by atoms with van der Waals surface area (Å²) in [6, 6.07) is 0.718. The summed E-state index contributed by atoms with van der Waals surface area (Å²) < 4.78 is 2.09. The van der Waals surface area contributed by atoms with Crippen LogP contribution in [-0.2, 0) is 6.54 Å². The predicted molar refractivity (Wildman–Crippen MR) is 105 cm³/mol. The SMILES string of the molecule is Cc1nn2c(CN3CCC(N4CCNCC4)C3)c(C(C)C)nc2s1.Cl. The standard InChI is InChI=1S/C17H28N6S.ClH/c1-12(2)16-15(23-17(19-16)24-13(3)20-23)11-21-7-4-14(10-21)22-8-5-18-6-9-22;/h12,14,18H,4-11H2,1-3H3;1H. The number of hydrogen-bond acceptors (Lipinski definition) is 6. The Balaban J connectivity index is 0.00000182. The van der Waals surface area contributed by atoms with Gasteiger partial charge in [-0.2, -0.15) is 5.10 Å². The normalized spacial score (nSPS) is 22.8. The summed E-state index contributed by atoms with van der Waals surface area (Å²) in [5, 5.41) is 9.24. The molecular formula is C17H29ClN6S. The van der Waals surface area contributed by atoms with E-state index < -0.39 is 0 Å². The number of nitrogens with zero attached hydrogens (tertiary/aromatic N) is 5. The van der Waals surface area contributed by atoms with Gasteiger partial charge in [0, 0.05) is 51.9 Å². The van der Waals surface area contributed by atoms with Crippen molar-refractivity contribution in [2.24, 2.45) is 0 Å². The third-order valence-electron chi connectivity index (χ3n) is 5.26. The van der Waals surface area contributed by atoms with E-state index in [0.29, 0.717) is 5.92 Å². The van der Waals surface area contributed by atoms with Crippen LogP contribution < -0.4 is 5.32 Å². The van der Waals surface area contributed by atoms with Gasteiger partial charge in [-0.25, -0.2) is 9.50 Å². The minimum Gasteiger partial charge on any atom is -0.314 e. The molecule has 2 aromatic heterocycles. The highest BCUT2D eigenvalue weighted by Crippen LogP contribution is 2.26. The van der Waals surface area contributed by atoms with Gasteiger partial charge in [0.1, 0.15) is 5.01 Å². The molecule has 6 nitrogen and oxygen atoms in total. The Morgan fingerprint density at radius 1 is 1.24 bits per heavy atom. The van der Waals surface area contributed by atoms with Gasteiger partial charge in [0.15, 0.2) is 0 Å². The van der Waals surface area contributed by atoms with Crippen LogP contribution >= 0.6 is 23.7 Å². The number of rotatable bonds is 4. The minimum absolute atomic E-state index is 0. The third kappa shape index (κ3) is 3.85. The number of aromatic nitrogens is 3. The van der Waals surface area contributed by atoms with Crippen molar-refractivity contribution in [2.45, 2.75) is 45.7 Å². The Bertz CT molecular complexity index is 705. The Hall–Kier alpha value is -0.730. The molecule has 1 unspecified atom stereocenters. The highest BCUT2D eigenvalue weighted by molar-refractivity contribution is 7.16. The largest absolute Gasteiger partial charge is 0.314 e. The maximum atomic E-state index is 4.86. The molecular weight excluding hydrogens is 356 g/mol. The van der Waals surface area contributed by atoms with Crippen LogP contribution in [0.3, 0.4) is 0 Å². The van der Waals surface area contributed by atoms with Gasteiger partial charge in [-0.05, 0) is 19.3 Å². The number of imidazole rings is 1. The fourth-order valence-electron chi connectivity index (χ4n) is 4.02. The second kappa shape index (κ2) is 7.88. The number of likely N-dealkylation sites (tertiary alicyclic amines) is 1. The average Bonchev–Trinajstić information content (AvgIpc) is 3.24. The molecule has 2 fully saturated rings. The quantitative estimate of drug-likeness (QED) is 0.875. The van der Waals surface area contributed by atoms with E-state index in [1.165, 1.54) is 44.0 Å². The molecule has 0 radical (unpaired) electrons. The van der Waals surface area contributed by atoms with Crippen molar-refractivity contribution in [3.05, 3.63) is 16.4 Å². The van der Waals surface area contributed by atoms with E-state index in [0.717, 1.165) is 35.6 Å². The van der Waals surface area contributed by atoms with Crippen LogP contribution in [0.25, 0.3) is 4.96 Å². The van der Waals surface area contributed by atoms with E-state index in [-0.39, 0.29) is 12.4 Å². The monoisotopic (exact) mass is 384 g/mol. The number of nitrogens with one attached hydrogen (secondary N) is 1. The highest BCUT2D eigenvalue weighted by Gasteiger charge is 2.30. The van der Waals surface area contributed by atoms with Crippen LogP contribution in [0.1, 0.15) is 42.6 Å². The smallest absolute Gasteiger partial charge is 0.212 e. The molecule has 0 spiro atoms. The zero-order valence-corrected chi connectivity index (χ0v) is 17.0. The van der Waals surface area contributed by atoms with Crippen molar-refractivity contribution >= 4 is 28.7 Å². The van der Waals surface area contributed by atoms with Crippen LogP contribution in [0.2, 0.25) is 0 Å². The summed E-state index contributed by atoms with van der Waals surface area (Å²) >= 11 is 1.69. The summed E-state index contributed by atoms with van der Waals surface area (Å²) in [6.45, 7) is 14.5. The highest BCUT2D eigenvalue weighted by atomic mass is 35.5. The molecule has 4 heterocycles. The van der Waals surface area contributed by atoms with Crippen LogP contribution in [0.5, 0.6) is 0 Å². The second-order valence-electron chi connectivity index (χ2n) is 7.38. The first-order valence-electron chi connectivity index (χ1n) is 9.14. The molecule has 25 heavy (non-hydrogen) atoms.